The molecule has 0 unspecified atom stereocenters. The number of carbonyl (C=O) groups excluding carboxylic acids is 1. The minimum Gasteiger partial charge on any atom is -0.478 e. The second kappa shape index (κ2) is 4.43. The number of carbonyl (C=O) groups is 2. The van der Waals surface area contributed by atoms with E-state index in [1.165, 1.54) is 0 Å². The molecule has 0 bridgehead atoms. The number of nitrogens with zero attached hydrogens (tertiary/aromatic N) is 3. The third kappa shape index (κ3) is 2.45. The molecular formula is C8H7N5O4. The average Bonchev–Trinajstić information content (AvgIpc) is 2.96. The van der Waals surface area contributed by atoms with Crippen molar-refractivity contribution in [1.29, 1.82) is 0 Å². The van der Waals surface area contributed by atoms with E-state index < -0.39 is 11.9 Å². The Balaban J connectivity index is 1.97. The van der Waals surface area contributed by atoms with Crippen LogP contribution in [0.5, 0.6) is 0 Å². The third-order valence-corrected chi connectivity index (χ3v) is 1.87. The lowest BCUT2D eigenvalue weighted by atomic mass is 10.3. The molecule has 3 N–H and O–H groups in total. The molecule has 0 aromatic carbocycles. The van der Waals surface area contributed by atoms with Crippen LogP contribution in [0.2, 0.25) is 0 Å². The average molecular weight is 237 g/mol. The number of tetrazole rings is 1. The number of furan rings is 1. The summed E-state index contributed by atoms with van der Waals surface area (Å²) in [5.41, 5.74) is -0.0882. The topological polar surface area (TPSA) is 134 Å². The molecule has 0 saturated carbocycles. The molecule has 9 heteroatoms. The van der Waals surface area contributed by atoms with Crippen LogP contribution in [-0.4, -0.2) is 37.6 Å². The molecular weight excluding hydrogens is 230 g/mol. The van der Waals surface area contributed by atoms with Crippen molar-refractivity contribution in [2.75, 3.05) is 0 Å². The Morgan fingerprint density at radius 1 is 1.53 bits per heavy atom. The maximum atomic E-state index is 11.5. The second-order valence-corrected chi connectivity index (χ2v) is 3.02. The highest BCUT2D eigenvalue weighted by Crippen LogP contribution is 2.07. The summed E-state index contributed by atoms with van der Waals surface area (Å²) in [5, 5.41) is 23.9. The molecule has 0 saturated heterocycles. The number of hydrogen-bond donors (Lipinski definition) is 3. The Kier molecular flexibility index (Phi) is 2.81. The summed E-state index contributed by atoms with van der Waals surface area (Å²) in [6.45, 7) is 0.0679. The van der Waals surface area contributed by atoms with Crippen molar-refractivity contribution < 1.29 is 19.1 Å². The van der Waals surface area contributed by atoms with Crippen molar-refractivity contribution in [3.63, 3.8) is 0 Å². The highest BCUT2D eigenvalue weighted by molar-refractivity contribution is 5.95. The van der Waals surface area contributed by atoms with Gasteiger partial charge in [0.05, 0.1) is 12.1 Å². The predicted molar refractivity (Wildman–Crippen MR) is 51.0 cm³/mol. The van der Waals surface area contributed by atoms with Crippen molar-refractivity contribution >= 4 is 11.9 Å². The van der Waals surface area contributed by atoms with E-state index in [9.17, 15) is 9.59 Å². The number of amides is 1. The molecule has 0 spiro atoms. The highest BCUT2D eigenvalue weighted by atomic mass is 16.4. The van der Waals surface area contributed by atoms with Gasteiger partial charge in [-0.3, -0.25) is 4.79 Å². The van der Waals surface area contributed by atoms with Gasteiger partial charge >= 0.3 is 5.97 Å². The van der Waals surface area contributed by atoms with Gasteiger partial charge in [-0.2, -0.15) is 5.21 Å². The summed E-state index contributed by atoms with van der Waals surface area (Å²) < 4.78 is 4.80. The number of rotatable bonds is 4. The molecule has 0 radical (unpaired) electrons. The number of aromatic amines is 1. The zero-order valence-electron chi connectivity index (χ0n) is 8.38. The number of aromatic carboxylic acids is 1. The van der Waals surface area contributed by atoms with E-state index in [-0.39, 0.29) is 17.9 Å². The van der Waals surface area contributed by atoms with E-state index in [0.717, 1.165) is 12.3 Å². The Labute approximate surface area is 93.8 Å². The Hall–Kier alpha value is -2.71. The van der Waals surface area contributed by atoms with Gasteiger partial charge in [-0.15, -0.1) is 10.2 Å². The van der Waals surface area contributed by atoms with Gasteiger partial charge in [0.15, 0.2) is 11.6 Å². The zero-order chi connectivity index (χ0) is 12.3. The van der Waals surface area contributed by atoms with Crippen molar-refractivity contribution in [2.24, 2.45) is 0 Å². The van der Waals surface area contributed by atoms with Crippen molar-refractivity contribution in [1.82, 2.24) is 25.9 Å². The summed E-state index contributed by atoms with van der Waals surface area (Å²) in [4.78, 5) is 22.0. The van der Waals surface area contributed by atoms with E-state index in [1.54, 1.807) is 0 Å². The molecule has 88 valence electrons. The zero-order valence-corrected chi connectivity index (χ0v) is 8.38. The van der Waals surface area contributed by atoms with E-state index in [0.29, 0.717) is 5.82 Å². The fraction of sp³-hybridized carbons (Fsp3) is 0.125. The highest BCUT2D eigenvalue weighted by Gasteiger charge is 2.14. The van der Waals surface area contributed by atoms with Crippen LogP contribution >= 0.6 is 0 Å². The first-order chi connectivity index (χ1) is 8.16. The molecule has 0 aliphatic carbocycles. The largest absolute Gasteiger partial charge is 0.478 e. The summed E-state index contributed by atoms with van der Waals surface area (Å²) >= 11 is 0. The second-order valence-electron chi connectivity index (χ2n) is 3.02. The Morgan fingerprint density at radius 2 is 2.35 bits per heavy atom. The fourth-order valence-corrected chi connectivity index (χ4v) is 1.07. The normalized spacial score (nSPS) is 10.1. The molecule has 9 nitrogen and oxygen atoms in total. The van der Waals surface area contributed by atoms with E-state index in [1.807, 2.05) is 0 Å². The standard InChI is InChI=1S/C8H7N5O4/c14-7(9-2-6-10-12-13-11-6)5-1-4(3-17-5)8(15)16/h1,3H,2H2,(H,9,14)(H,15,16)(H,10,11,12,13). The van der Waals surface area contributed by atoms with Gasteiger partial charge in [0, 0.05) is 6.07 Å². The maximum absolute atomic E-state index is 11.5. The number of H-pyrrole nitrogens is 1. The van der Waals surface area contributed by atoms with Crippen LogP contribution in [0.25, 0.3) is 0 Å². The van der Waals surface area contributed by atoms with Crippen LogP contribution in [-0.2, 0) is 6.54 Å². The first-order valence-corrected chi connectivity index (χ1v) is 4.49. The van der Waals surface area contributed by atoms with Crippen LogP contribution in [0.1, 0.15) is 26.7 Å². The van der Waals surface area contributed by atoms with Crippen LogP contribution in [0.3, 0.4) is 0 Å². The SMILES string of the molecule is O=C(O)c1coc(C(=O)NCc2nn[nH]n2)c1. The van der Waals surface area contributed by atoms with Gasteiger partial charge in [-0.25, -0.2) is 4.79 Å². The molecule has 0 fully saturated rings. The van der Waals surface area contributed by atoms with E-state index >= 15 is 0 Å². The van der Waals surface area contributed by atoms with Gasteiger partial charge in [-0.05, 0) is 0 Å². The molecule has 2 aromatic heterocycles. The number of aromatic nitrogens is 4. The first kappa shape index (κ1) is 10.8. The summed E-state index contributed by atoms with van der Waals surface area (Å²) in [5.74, 6) is -1.50. The lowest BCUT2D eigenvalue weighted by Crippen LogP contribution is -2.23. The van der Waals surface area contributed by atoms with Crippen LogP contribution in [0, 0.1) is 0 Å². The third-order valence-electron chi connectivity index (χ3n) is 1.87. The summed E-state index contributed by atoms with van der Waals surface area (Å²) in [6.07, 6.45) is 0.992. The van der Waals surface area contributed by atoms with Crippen LogP contribution in [0.4, 0.5) is 0 Å². The summed E-state index contributed by atoms with van der Waals surface area (Å²) in [7, 11) is 0. The van der Waals surface area contributed by atoms with Crippen molar-refractivity contribution in [3.05, 3.63) is 29.5 Å². The molecule has 17 heavy (non-hydrogen) atoms. The number of nitrogens with one attached hydrogen (secondary N) is 2. The molecule has 0 aliphatic heterocycles. The predicted octanol–water partition coefficient (Wildman–Crippen LogP) is -0.579. The Morgan fingerprint density at radius 3 is 2.94 bits per heavy atom. The molecule has 2 aromatic rings. The minimum absolute atomic E-state index is 0.0679. The van der Waals surface area contributed by atoms with Gasteiger partial charge in [0.25, 0.3) is 5.91 Å². The molecule has 0 aliphatic rings. The number of carboxylic acids is 1. The summed E-state index contributed by atoms with van der Waals surface area (Å²) in [6, 6.07) is 1.13. The molecule has 1 amide bonds. The lowest BCUT2D eigenvalue weighted by molar-refractivity contribution is 0.0696. The number of hydrogen-bond acceptors (Lipinski definition) is 6. The molecule has 2 heterocycles. The smallest absolute Gasteiger partial charge is 0.338 e. The quantitative estimate of drug-likeness (QED) is 0.647. The molecule has 0 atom stereocenters. The van der Waals surface area contributed by atoms with E-state index in [2.05, 4.69) is 25.9 Å². The van der Waals surface area contributed by atoms with Gasteiger partial charge in [0.1, 0.15) is 6.26 Å². The molecule has 2 rings (SSSR count). The van der Waals surface area contributed by atoms with Crippen LogP contribution < -0.4 is 5.32 Å². The van der Waals surface area contributed by atoms with Gasteiger partial charge < -0.3 is 14.8 Å². The van der Waals surface area contributed by atoms with Gasteiger partial charge in [-0.1, -0.05) is 5.21 Å². The maximum Gasteiger partial charge on any atom is 0.338 e. The van der Waals surface area contributed by atoms with E-state index in [4.69, 9.17) is 9.52 Å². The fourth-order valence-electron chi connectivity index (χ4n) is 1.07. The first-order valence-electron chi connectivity index (χ1n) is 4.49. The number of carboxylic acid groups (broad SMARTS) is 1. The van der Waals surface area contributed by atoms with Crippen molar-refractivity contribution in [3.8, 4) is 0 Å². The monoisotopic (exact) mass is 237 g/mol. The lowest BCUT2D eigenvalue weighted by Gasteiger charge is -1.97. The Bertz CT molecular complexity index is 532. The van der Waals surface area contributed by atoms with Crippen LogP contribution in [0.15, 0.2) is 16.7 Å². The van der Waals surface area contributed by atoms with Gasteiger partial charge in [0.2, 0.25) is 0 Å². The van der Waals surface area contributed by atoms with Crippen molar-refractivity contribution in [2.45, 2.75) is 6.54 Å². The minimum atomic E-state index is -1.16.